The summed E-state index contributed by atoms with van der Waals surface area (Å²) in [5, 5.41) is 0. The highest BCUT2D eigenvalue weighted by Crippen LogP contribution is 2.40. The average molecular weight is 455 g/mol. The summed E-state index contributed by atoms with van der Waals surface area (Å²) in [6.45, 7) is 9.81. The second-order valence-electron chi connectivity index (χ2n) is 8.62. The maximum absolute atomic E-state index is 11.4. The first-order valence-corrected chi connectivity index (χ1v) is 11.7. The molecule has 0 amide bonds. The van der Waals surface area contributed by atoms with Crippen molar-refractivity contribution in [2.75, 3.05) is 6.61 Å². The number of benzene rings is 3. The first-order valence-electron chi connectivity index (χ1n) is 11.7. The molecule has 3 aromatic carbocycles. The van der Waals surface area contributed by atoms with E-state index >= 15 is 0 Å². The fraction of sp³-hybridized carbons (Fsp3) is 0.258. The molecule has 0 fully saturated rings. The van der Waals surface area contributed by atoms with E-state index in [-0.39, 0.29) is 12.1 Å². The van der Waals surface area contributed by atoms with Crippen molar-refractivity contribution in [1.29, 1.82) is 0 Å². The quantitative estimate of drug-likeness (QED) is 0.174. The Balaban J connectivity index is 1.88. The molecule has 0 aliphatic heterocycles. The Hall–Kier alpha value is -3.43. The summed E-state index contributed by atoms with van der Waals surface area (Å²) in [6, 6.07) is 31.1. The third-order valence-corrected chi connectivity index (χ3v) is 5.93. The summed E-state index contributed by atoms with van der Waals surface area (Å²) >= 11 is 0. The third kappa shape index (κ3) is 6.33. The molecule has 0 aliphatic carbocycles. The van der Waals surface area contributed by atoms with Crippen LogP contribution in [0, 0.1) is 0 Å². The minimum Gasteiger partial charge on any atom is -0.458 e. The smallest absolute Gasteiger partial charge is 0.303 e. The minimum atomic E-state index is -0.738. The molecule has 3 rings (SSSR count). The summed E-state index contributed by atoms with van der Waals surface area (Å²) in [6.07, 6.45) is 3.35. The maximum atomic E-state index is 11.4. The molecule has 0 bridgehead atoms. The predicted octanol–water partition coefficient (Wildman–Crippen LogP) is 7.23. The van der Waals surface area contributed by atoms with Crippen LogP contribution in [0.25, 0.3) is 0 Å². The van der Waals surface area contributed by atoms with Crippen molar-refractivity contribution in [3.8, 4) is 0 Å². The summed E-state index contributed by atoms with van der Waals surface area (Å²) < 4.78 is 12.2. The lowest BCUT2D eigenvalue weighted by atomic mass is 9.80. The Kier molecular flexibility index (Phi) is 9.00. The van der Waals surface area contributed by atoms with Gasteiger partial charge in [-0.1, -0.05) is 109 Å². The largest absolute Gasteiger partial charge is 0.458 e. The number of esters is 1. The Labute approximate surface area is 203 Å². The van der Waals surface area contributed by atoms with Crippen LogP contribution in [0.4, 0.5) is 0 Å². The van der Waals surface area contributed by atoms with Crippen molar-refractivity contribution < 1.29 is 14.3 Å². The molecule has 34 heavy (non-hydrogen) atoms. The van der Waals surface area contributed by atoms with Crippen LogP contribution in [-0.2, 0) is 19.9 Å². The van der Waals surface area contributed by atoms with E-state index in [1.54, 1.807) is 0 Å². The topological polar surface area (TPSA) is 35.5 Å². The Morgan fingerprint density at radius 2 is 1.26 bits per heavy atom. The normalized spacial score (nSPS) is 12.7. The number of allylic oxidation sites excluding steroid dienone is 1. The van der Waals surface area contributed by atoms with E-state index in [0.717, 1.165) is 28.7 Å². The van der Waals surface area contributed by atoms with Crippen molar-refractivity contribution in [3.05, 3.63) is 131 Å². The highest BCUT2D eigenvalue weighted by molar-refractivity contribution is 5.66. The van der Waals surface area contributed by atoms with E-state index in [2.05, 4.69) is 56.0 Å². The first kappa shape index (κ1) is 25.2. The van der Waals surface area contributed by atoms with Crippen molar-refractivity contribution in [2.24, 2.45) is 0 Å². The average Bonchev–Trinajstić information content (AvgIpc) is 2.86. The van der Waals surface area contributed by atoms with E-state index in [4.69, 9.17) is 9.47 Å². The molecule has 0 heterocycles. The van der Waals surface area contributed by atoms with Gasteiger partial charge in [0, 0.05) is 6.92 Å². The molecule has 1 atom stereocenters. The first-order chi connectivity index (χ1) is 16.4. The van der Waals surface area contributed by atoms with Crippen molar-refractivity contribution >= 4 is 5.97 Å². The highest BCUT2D eigenvalue weighted by Gasteiger charge is 2.37. The van der Waals surface area contributed by atoms with Gasteiger partial charge >= 0.3 is 5.97 Å². The molecular formula is C31H34O3. The molecule has 0 saturated heterocycles. The number of rotatable bonds is 11. The molecular weight excluding hydrogens is 420 g/mol. The molecule has 3 nitrogen and oxygen atoms in total. The van der Waals surface area contributed by atoms with E-state index in [1.807, 2.05) is 61.5 Å². The van der Waals surface area contributed by atoms with Crippen LogP contribution in [0.3, 0.4) is 0 Å². The van der Waals surface area contributed by atoms with Gasteiger partial charge in [0.25, 0.3) is 0 Å². The van der Waals surface area contributed by atoms with Crippen LogP contribution in [0.1, 0.15) is 50.3 Å². The van der Waals surface area contributed by atoms with Gasteiger partial charge in [-0.15, -0.1) is 0 Å². The molecule has 1 unspecified atom stereocenters. The molecule has 176 valence electrons. The van der Waals surface area contributed by atoms with E-state index < -0.39 is 5.60 Å². The molecule has 0 aliphatic rings. The fourth-order valence-electron chi connectivity index (χ4n) is 4.14. The van der Waals surface area contributed by atoms with Gasteiger partial charge in [0.2, 0.25) is 0 Å². The minimum absolute atomic E-state index is 0.265. The molecule has 3 aromatic rings. The number of hydrogen-bond donors (Lipinski definition) is 0. The van der Waals surface area contributed by atoms with Crippen LogP contribution in [0.15, 0.2) is 115 Å². The second-order valence-corrected chi connectivity index (χ2v) is 8.62. The highest BCUT2D eigenvalue weighted by atomic mass is 16.5. The van der Waals surface area contributed by atoms with Gasteiger partial charge < -0.3 is 9.47 Å². The van der Waals surface area contributed by atoms with Crippen molar-refractivity contribution in [3.63, 3.8) is 0 Å². The summed E-state index contributed by atoms with van der Waals surface area (Å²) in [4.78, 5) is 11.4. The van der Waals surface area contributed by atoms with Gasteiger partial charge in [-0.05, 0) is 49.0 Å². The Morgan fingerprint density at radius 1 is 0.824 bits per heavy atom. The lowest BCUT2D eigenvalue weighted by molar-refractivity contribution is -0.144. The molecule has 3 heteroatoms. The molecule has 0 radical (unpaired) electrons. The SMILES string of the molecule is C=C(C)C(CC/C(C)=C/COC(c1ccccc1)(c1ccccc1)c1ccccc1)OC(C)=O. The second kappa shape index (κ2) is 12.2. The molecule has 0 N–H and O–H groups in total. The summed E-state index contributed by atoms with van der Waals surface area (Å²) in [5.41, 5.74) is 4.54. The van der Waals surface area contributed by atoms with Gasteiger partial charge in [0.15, 0.2) is 0 Å². The zero-order valence-corrected chi connectivity index (χ0v) is 20.4. The van der Waals surface area contributed by atoms with Crippen LogP contribution in [-0.4, -0.2) is 18.7 Å². The van der Waals surface area contributed by atoms with Crippen molar-refractivity contribution in [1.82, 2.24) is 0 Å². The molecule has 0 spiro atoms. The van der Waals surface area contributed by atoms with Crippen LogP contribution in [0.5, 0.6) is 0 Å². The van der Waals surface area contributed by atoms with Crippen molar-refractivity contribution in [2.45, 2.75) is 45.3 Å². The summed E-state index contributed by atoms with van der Waals surface area (Å²) in [7, 11) is 0. The van der Waals surface area contributed by atoms with Crippen LogP contribution < -0.4 is 0 Å². The van der Waals surface area contributed by atoms with E-state index in [1.165, 1.54) is 12.5 Å². The Morgan fingerprint density at radius 3 is 1.65 bits per heavy atom. The molecule has 0 saturated carbocycles. The van der Waals surface area contributed by atoms with Gasteiger partial charge in [-0.25, -0.2) is 0 Å². The number of ether oxygens (including phenoxy) is 2. The molecule has 0 aromatic heterocycles. The zero-order chi connectivity index (χ0) is 24.4. The lowest BCUT2D eigenvalue weighted by Gasteiger charge is -2.35. The number of carbonyl (C=O) groups excluding carboxylic acids is 1. The van der Waals surface area contributed by atoms with Gasteiger partial charge in [0.1, 0.15) is 11.7 Å². The van der Waals surface area contributed by atoms with Gasteiger partial charge in [-0.2, -0.15) is 0 Å². The van der Waals surface area contributed by atoms with E-state index in [0.29, 0.717) is 13.0 Å². The van der Waals surface area contributed by atoms with Gasteiger partial charge in [-0.3, -0.25) is 4.79 Å². The van der Waals surface area contributed by atoms with Crippen LogP contribution in [0.2, 0.25) is 0 Å². The fourth-order valence-corrected chi connectivity index (χ4v) is 4.14. The Bertz CT molecular complexity index is 989. The standard InChI is InChI=1S/C31H34O3/c1-24(2)30(34-26(4)32)21-20-25(3)22-23-33-31(27-14-8-5-9-15-27,28-16-10-6-11-17-28)29-18-12-7-13-19-29/h5-19,22,30H,1,20-21,23H2,2-4H3/b25-22+. The predicted molar refractivity (Wildman–Crippen MR) is 139 cm³/mol. The lowest BCUT2D eigenvalue weighted by Crippen LogP contribution is -2.33. The number of carbonyl (C=O) groups is 1. The third-order valence-electron chi connectivity index (χ3n) is 5.93. The van der Waals surface area contributed by atoms with Crippen LogP contribution >= 0.6 is 0 Å². The zero-order valence-electron chi connectivity index (χ0n) is 20.4. The summed E-state index contributed by atoms with van der Waals surface area (Å²) in [5.74, 6) is -0.281. The van der Waals surface area contributed by atoms with Gasteiger partial charge in [0.05, 0.1) is 6.61 Å². The van der Waals surface area contributed by atoms with E-state index in [9.17, 15) is 4.79 Å². The maximum Gasteiger partial charge on any atom is 0.303 e. The monoisotopic (exact) mass is 454 g/mol. The number of hydrogen-bond acceptors (Lipinski definition) is 3.